The third kappa shape index (κ3) is 5.88. The van der Waals surface area contributed by atoms with Crippen LogP contribution in [0.3, 0.4) is 0 Å². The van der Waals surface area contributed by atoms with Crippen LogP contribution in [-0.4, -0.2) is 61.7 Å². The number of hydroxylamine groups is 2. The molecule has 0 saturated heterocycles. The van der Waals surface area contributed by atoms with E-state index in [0.29, 0.717) is 16.8 Å². The van der Waals surface area contributed by atoms with Crippen molar-refractivity contribution in [2.24, 2.45) is 4.99 Å². The molecule has 0 fully saturated rings. The summed E-state index contributed by atoms with van der Waals surface area (Å²) in [6, 6.07) is 32.3. The minimum atomic E-state index is -1.34. The van der Waals surface area contributed by atoms with Gasteiger partial charge in [-0.2, -0.15) is 0 Å². The molecule has 0 heterocycles. The number of rotatable bonds is 9. The minimum Gasteiger partial charge on any atom is -0.509 e. The number of fused-ring (bicyclic) bond motifs is 2. The number of phenolic OH excluding ortho intramolecular Hbond substituents is 5. The Bertz CT molecular complexity index is 2440. The van der Waals surface area contributed by atoms with Crippen LogP contribution in [0.4, 0.5) is 0 Å². The number of aliphatic imine (C=N–C) groups is 1. The monoisotopic (exact) mass is 721 g/mol. The molecule has 0 radical (unpaired) electrons. The molecule has 2 atom stereocenters. The van der Waals surface area contributed by atoms with Crippen LogP contribution in [-0.2, 0) is 0 Å². The molecular formula is C44H39N3O7. The van der Waals surface area contributed by atoms with E-state index in [1.54, 1.807) is 49.5 Å². The van der Waals surface area contributed by atoms with Gasteiger partial charge in [0.25, 0.3) is 0 Å². The maximum absolute atomic E-state index is 11.9. The molecule has 0 aliphatic heterocycles. The second-order valence-electron chi connectivity index (χ2n) is 13.1. The number of likely N-dealkylation sites (N-methyl/N-ethyl adjacent to an activating group) is 2. The molecule has 8 N–H and O–H groups in total. The van der Waals surface area contributed by atoms with Crippen molar-refractivity contribution in [3.63, 3.8) is 0 Å². The van der Waals surface area contributed by atoms with E-state index in [4.69, 9.17) is 0 Å². The maximum atomic E-state index is 11.9. The number of phenols is 5. The molecule has 10 nitrogen and oxygen atoms in total. The summed E-state index contributed by atoms with van der Waals surface area (Å²) in [5, 5.41) is 83.6. The molecule has 2 unspecified atom stereocenters. The Morgan fingerprint density at radius 1 is 0.741 bits per heavy atom. The van der Waals surface area contributed by atoms with Gasteiger partial charge in [0.1, 0.15) is 11.5 Å². The van der Waals surface area contributed by atoms with Crippen molar-refractivity contribution in [2.45, 2.75) is 18.3 Å². The van der Waals surface area contributed by atoms with Gasteiger partial charge in [-0.1, -0.05) is 109 Å². The van der Waals surface area contributed by atoms with Gasteiger partial charge in [0.2, 0.25) is 17.2 Å². The molecule has 54 heavy (non-hydrogen) atoms. The first kappa shape index (κ1) is 35.5. The summed E-state index contributed by atoms with van der Waals surface area (Å²) in [6.07, 6.45) is 4.95. The van der Waals surface area contributed by atoms with Crippen molar-refractivity contribution in [3.8, 4) is 39.9 Å². The van der Waals surface area contributed by atoms with Crippen molar-refractivity contribution >= 4 is 34.0 Å². The fourth-order valence-corrected chi connectivity index (χ4v) is 7.62. The normalized spacial score (nSPS) is 15.3. The fraction of sp³-hybridized carbons (Fsp3) is 0.114. The SMILES string of the molecule is C=N/C(=C(/O)C(c1ccccc1)c1c(O)c(O)c(O)c(O)c1O)c1ccc(-c2c3ccccc3c(C3C=C(N(C)O)C(NC)=CC3)c3ccccc23)cc1. The zero-order chi connectivity index (χ0) is 38.3. The molecule has 1 aliphatic carbocycles. The van der Waals surface area contributed by atoms with E-state index in [2.05, 4.69) is 53.4 Å². The van der Waals surface area contributed by atoms with Crippen molar-refractivity contribution in [2.75, 3.05) is 14.1 Å². The first-order chi connectivity index (χ1) is 26.1. The van der Waals surface area contributed by atoms with Crippen LogP contribution in [0.1, 0.15) is 40.5 Å². The molecule has 7 rings (SSSR count). The number of hydrogen-bond acceptors (Lipinski definition) is 10. The van der Waals surface area contributed by atoms with Crippen LogP contribution in [0.15, 0.2) is 137 Å². The zero-order valence-electron chi connectivity index (χ0n) is 29.6. The first-order valence-corrected chi connectivity index (χ1v) is 17.3. The van der Waals surface area contributed by atoms with E-state index in [0.717, 1.165) is 55.4 Å². The Kier molecular flexibility index (Phi) is 9.37. The third-order valence-corrected chi connectivity index (χ3v) is 10.1. The Labute approximate surface area is 311 Å². The van der Waals surface area contributed by atoms with Gasteiger partial charge < -0.3 is 36.0 Å². The summed E-state index contributed by atoms with van der Waals surface area (Å²) in [7, 11) is 3.45. The molecule has 0 bridgehead atoms. The van der Waals surface area contributed by atoms with Crippen molar-refractivity contribution < 1.29 is 35.8 Å². The van der Waals surface area contributed by atoms with Crippen molar-refractivity contribution in [1.29, 1.82) is 0 Å². The lowest BCUT2D eigenvalue weighted by atomic mass is 9.81. The van der Waals surface area contributed by atoms with E-state index >= 15 is 0 Å². The summed E-state index contributed by atoms with van der Waals surface area (Å²) in [6.45, 7) is 3.70. The molecule has 0 amide bonds. The van der Waals surface area contributed by atoms with Crippen molar-refractivity contribution in [3.05, 3.63) is 155 Å². The van der Waals surface area contributed by atoms with Crippen LogP contribution in [0.2, 0.25) is 0 Å². The van der Waals surface area contributed by atoms with Crippen LogP contribution in [0.5, 0.6) is 28.7 Å². The number of nitrogens with one attached hydrogen (secondary N) is 1. The predicted molar refractivity (Wildman–Crippen MR) is 211 cm³/mol. The van der Waals surface area contributed by atoms with Gasteiger partial charge in [0.05, 0.1) is 22.9 Å². The zero-order valence-corrected chi connectivity index (χ0v) is 29.6. The summed E-state index contributed by atoms with van der Waals surface area (Å²) >= 11 is 0. The number of aromatic hydroxyl groups is 5. The van der Waals surface area contributed by atoms with Crippen LogP contribution < -0.4 is 5.32 Å². The summed E-state index contributed by atoms with van der Waals surface area (Å²) in [5.74, 6) is -6.87. The van der Waals surface area contributed by atoms with Gasteiger partial charge in [-0.05, 0) is 63.0 Å². The second kappa shape index (κ2) is 14.3. The highest BCUT2D eigenvalue weighted by Crippen LogP contribution is 2.56. The lowest BCUT2D eigenvalue weighted by Gasteiger charge is -2.28. The van der Waals surface area contributed by atoms with E-state index in [1.165, 1.54) is 0 Å². The van der Waals surface area contributed by atoms with Crippen LogP contribution >= 0.6 is 0 Å². The van der Waals surface area contributed by atoms with Crippen LogP contribution in [0.25, 0.3) is 38.4 Å². The Balaban J connectivity index is 1.39. The molecule has 272 valence electrons. The summed E-state index contributed by atoms with van der Waals surface area (Å²) in [5.41, 5.74) is 5.05. The Morgan fingerprint density at radius 2 is 1.26 bits per heavy atom. The van der Waals surface area contributed by atoms with Gasteiger partial charge >= 0.3 is 0 Å². The molecule has 6 aromatic rings. The highest BCUT2D eigenvalue weighted by Gasteiger charge is 2.34. The third-order valence-electron chi connectivity index (χ3n) is 10.1. The lowest BCUT2D eigenvalue weighted by Crippen LogP contribution is -2.23. The lowest BCUT2D eigenvalue weighted by molar-refractivity contribution is -0.0267. The van der Waals surface area contributed by atoms with Gasteiger partial charge in [0.15, 0.2) is 11.5 Å². The fourth-order valence-electron chi connectivity index (χ4n) is 7.62. The highest BCUT2D eigenvalue weighted by atomic mass is 16.5. The number of aliphatic hydroxyl groups excluding tert-OH is 1. The first-order valence-electron chi connectivity index (χ1n) is 17.3. The minimum absolute atomic E-state index is 0.0129. The van der Waals surface area contributed by atoms with Gasteiger partial charge in [0, 0.05) is 25.6 Å². The molecule has 10 heteroatoms. The number of nitrogens with zero attached hydrogens (tertiary/aromatic N) is 2. The average Bonchev–Trinajstić information content (AvgIpc) is 3.20. The molecule has 1 aliphatic rings. The van der Waals surface area contributed by atoms with Gasteiger partial charge in [-0.25, -0.2) is 0 Å². The second-order valence-corrected chi connectivity index (χ2v) is 13.1. The van der Waals surface area contributed by atoms with Gasteiger partial charge in [-0.3, -0.25) is 15.3 Å². The Hall–Kier alpha value is -6.91. The van der Waals surface area contributed by atoms with Crippen LogP contribution in [0, 0.1) is 0 Å². The summed E-state index contributed by atoms with van der Waals surface area (Å²) < 4.78 is 0. The topological polar surface area (TPSA) is 169 Å². The van der Waals surface area contributed by atoms with E-state index < -0.39 is 46.0 Å². The van der Waals surface area contributed by atoms with Gasteiger partial charge in [-0.15, -0.1) is 0 Å². The maximum Gasteiger partial charge on any atom is 0.208 e. The average molecular weight is 722 g/mol. The van der Waals surface area contributed by atoms with E-state index in [1.807, 2.05) is 43.4 Å². The standard InChI is InChI=1S/C44H39N3O7/c1-45-32-22-21-27(23-33(32)47(3)54)35-30-15-9-7-13-28(30)34(29-14-8-10-16-31(29)35)25-17-19-26(20-18-25)38(46-2)39(48)36(24-11-5-4-6-12-24)37-40(49)42(51)44(53)43(52)41(37)50/h4-20,22-23,27,36,45,48-54H,2,21H2,1,3H3/b39-38+. The summed E-state index contributed by atoms with van der Waals surface area (Å²) in [4.78, 5) is 4.15. The van der Waals surface area contributed by atoms with E-state index in [-0.39, 0.29) is 11.6 Å². The van der Waals surface area contributed by atoms with Crippen molar-refractivity contribution in [1.82, 2.24) is 10.4 Å². The molecule has 0 aromatic heterocycles. The number of allylic oxidation sites excluding steroid dienone is 3. The number of benzene rings is 6. The Morgan fingerprint density at radius 3 is 1.78 bits per heavy atom. The quantitative estimate of drug-likeness (QED) is 0.0182. The largest absolute Gasteiger partial charge is 0.509 e. The molecule has 0 spiro atoms. The molecule has 6 aromatic carbocycles. The predicted octanol–water partition coefficient (Wildman–Crippen LogP) is 8.74. The number of hydrogen-bond donors (Lipinski definition) is 8. The number of aliphatic hydroxyl groups is 1. The highest BCUT2D eigenvalue weighted by molar-refractivity contribution is 6.15. The smallest absolute Gasteiger partial charge is 0.208 e. The molecule has 0 saturated carbocycles. The molecular weight excluding hydrogens is 682 g/mol. The van der Waals surface area contributed by atoms with E-state index in [9.17, 15) is 35.8 Å².